The Morgan fingerprint density at radius 1 is 1.23 bits per heavy atom. The van der Waals surface area contributed by atoms with E-state index in [2.05, 4.69) is 28.6 Å². The van der Waals surface area contributed by atoms with Gasteiger partial charge in [0.15, 0.2) is 11.5 Å². The second kappa shape index (κ2) is 7.82. The summed E-state index contributed by atoms with van der Waals surface area (Å²) in [7, 11) is 3.31. The van der Waals surface area contributed by atoms with Gasteiger partial charge in [-0.1, -0.05) is 0 Å². The van der Waals surface area contributed by atoms with Crippen LogP contribution in [0.15, 0.2) is 12.3 Å². The summed E-state index contributed by atoms with van der Waals surface area (Å²) in [6.45, 7) is 7.91. The second-order valence-electron chi connectivity index (χ2n) is 7.92. The molecule has 1 aromatic rings. The number of hydrogen-bond acceptors (Lipinski definition) is 5. The molecule has 26 heavy (non-hydrogen) atoms. The van der Waals surface area contributed by atoms with Crippen LogP contribution in [0.5, 0.6) is 11.5 Å². The molecule has 144 valence electrons. The fraction of sp³-hybridized carbons (Fsp3) is 0.700. The first-order chi connectivity index (χ1) is 12.5. The number of methoxy groups -OCH3 is 2. The van der Waals surface area contributed by atoms with Crippen LogP contribution in [-0.4, -0.2) is 60.6 Å². The first-order valence-corrected chi connectivity index (χ1v) is 9.56. The van der Waals surface area contributed by atoms with E-state index >= 15 is 0 Å². The Balaban J connectivity index is 1.74. The van der Waals surface area contributed by atoms with E-state index in [9.17, 15) is 4.79 Å². The predicted octanol–water partition coefficient (Wildman–Crippen LogP) is 2.71. The molecule has 0 aliphatic carbocycles. The number of likely N-dealkylation sites (tertiary alicyclic amines) is 2. The number of piperidine rings is 2. The number of hydrogen-bond donors (Lipinski definition) is 0. The highest BCUT2D eigenvalue weighted by atomic mass is 16.5. The molecule has 2 aliphatic heterocycles. The van der Waals surface area contributed by atoms with E-state index in [-0.39, 0.29) is 11.5 Å². The molecule has 2 saturated heterocycles. The zero-order chi connectivity index (χ0) is 18.7. The third-order valence-electron chi connectivity index (χ3n) is 5.80. The molecule has 1 spiro atoms. The summed E-state index contributed by atoms with van der Waals surface area (Å²) < 4.78 is 10.9. The highest BCUT2D eigenvalue weighted by Crippen LogP contribution is 2.40. The molecule has 0 radical (unpaired) electrons. The van der Waals surface area contributed by atoms with Gasteiger partial charge >= 0.3 is 0 Å². The van der Waals surface area contributed by atoms with Crippen LogP contribution in [0.25, 0.3) is 0 Å². The molecule has 1 aromatic heterocycles. The zero-order valence-electron chi connectivity index (χ0n) is 16.5. The third-order valence-corrected chi connectivity index (χ3v) is 5.80. The van der Waals surface area contributed by atoms with Gasteiger partial charge in [-0.15, -0.1) is 0 Å². The maximum atomic E-state index is 12.3. The van der Waals surface area contributed by atoms with Crippen molar-refractivity contribution in [3.05, 3.63) is 18.0 Å². The van der Waals surface area contributed by atoms with Gasteiger partial charge in [-0.3, -0.25) is 14.7 Å². The Bertz CT molecular complexity index is 649. The SMILES string of the molecule is COc1ccnc(CN2CCCC3(CCC(=O)N(C(C)C)C3)C2)c1OC. The number of carbonyl (C=O) groups excluding carboxylic acids is 1. The van der Waals surface area contributed by atoms with E-state index in [1.165, 1.54) is 6.42 Å². The number of amides is 1. The highest BCUT2D eigenvalue weighted by Gasteiger charge is 2.42. The Morgan fingerprint density at radius 2 is 2.04 bits per heavy atom. The molecule has 0 saturated carbocycles. The second-order valence-corrected chi connectivity index (χ2v) is 7.92. The molecular weight excluding hydrogens is 330 g/mol. The van der Waals surface area contributed by atoms with Crippen molar-refractivity contribution >= 4 is 5.91 Å². The molecule has 2 fully saturated rings. The highest BCUT2D eigenvalue weighted by molar-refractivity contribution is 5.77. The summed E-state index contributed by atoms with van der Waals surface area (Å²) in [6.07, 6.45) is 5.80. The topological polar surface area (TPSA) is 54.9 Å². The standard InChI is InChI=1S/C20H31N3O3/c1-15(2)23-14-20(9-6-18(23)24)8-5-11-22(13-20)12-16-19(26-4)17(25-3)7-10-21-16/h7,10,15H,5-6,8-9,11-14H2,1-4H3. The van der Waals surface area contributed by atoms with Gasteiger partial charge in [0.25, 0.3) is 0 Å². The Morgan fingerprint density at radius 3 is 2.73 bits per heavy atom. The monoisotopic (exact) mass is 361 g/mol. The van der Waals surface area contributed by atoms with Gasteiger partial charge in [-0.05, 0) is 39.7 Å². The zero-order valence-corrected chi connectivity index (χ0v) is 16.5. The molecule has 6 nitrogen and oxygen atoms in total. The van der Waals surface area contributed by atoms with Gasteiger partial charge < -0.3 is 14.4 Å². The summed E-state index contributed by atoms with van der Waals surface area (Å²) >= 11 is 0. The van der Waals surface area contributed by atoms with Crippen molar-refractivity contribution in [3.63, 3.8) is 0 Å². The first kappa shape index (κ1) is 19.0. The van der Waals surface area contributed by atoms with Crippen LogP contribution in [0.1, 0.15) is 45.2 Å². The lowest BCUT2D eigenvalue weighted by molar-refractivity contribution is -0.141. The van der Waals surface area contributed by atoms with Crippen LogP contribution in [0, 0.1) is 5.41 Å². The number of aromatic nitrogens is 1. The summed E-state index contributed by atoms with van der Waals surface area (Å²) in [4.78, 5) is 21.3. The number of pyridine rings is 1. The molecule has 2 aliphatic rings. The minimum Gasteiger partial charge on any atom is -0.493 e. The van der Waals surface area contributed by atoms with Crippen LogP contribution in [0.2, 0.25) is 0 Å². The largest absolute Gasteiger partial charge is 0.493 e. The van der Waals surface area contributed by atoms with E-state index in [1.54, 1.807) is 20.4 Å². The van der Waals surface area contributed by atoms with Crippen LogP contribution < -0.4 is 9.47 Å². The van der Waals surface area contributed by atoms with E-state index in [1.807, 2.05) is 6.07 Å². The number of nitrogens with zero attached hydrogens (tertiary/aromatic N) is 3. The number of carbonyl (C=O) groups is 1. The van der Waals surface area contributed by atoms with Crippen molar-refractivity contribution in [1.82, 2.24) is 14.8 Å². The van der Waals surface area contributed by atoms with E-state index < -0.39 is 0 Å². The van der Waals surface area contributed by atoms with Crippen molar-refractivity contribution in [3.8, 4) is 11.5 Å². The van der Waals surface area contributed by atoms with Crippen molar-refractivity contribution in [2.75, 3.05) is 33.9 Å². The molecule has 0 N–H and O–H groups in total. The molecule has 1 atom stereocenters. The fourth-order valence-electron chi connectivity index (χ4n) is 4.47. The van der Waals surface area contributed by atoms with Crippen molar-refractivity contribution in [1.29, 1.82) is 0 Å². The van der Waals surface area contributed by atoms with Gasteiger partial charge in [0.05, 0.1) is 14.2 Å². The maximum absolute atomic E-state index is 12.3. The van der Waals surface area contributed by atoms with E-state index in [4.69, 9.17) is 9.47 Å². The molecule has 0 bridgehead atoms. The molecule has 0 aromatic carbocycles. The lowest BCUT2D eigenvalue weighted by Gasteiger charge is -2.49. The number of rotatable bonds is 5. The molecule has 1 amide bonds. The summed E-state index contributed by atoms with van der Waals surface area (Å²) in [5.41, 5.74) is 1.12. The van der Waals surface area contributed by atoms with Gasteiger partial charge in [0.2, 0.25) is 5.91 Å². The minimum atomic E-state index is 0.211. The first-order valence-electron chi connectivity index (χ1n) is 9.56. The molecule has 3 rings (SSSR count). The van der Waals surface area contributed by atoms with Crippen molar-refractivity contribution in [2.45, 2.75) is 52.1 Å². The lowest BCUT2D eigenvalue weighted by atomic mass is 9.73. The van der Waals surface area contributed by atoms with Crippen LogP contribution >= 0.6 is 0 Å². The molecule has 3 heterocycles. The van der Waals surface area contributed by atoms with E-state index in [0.717, 1.165) is 56.2 Å². The average molecular weight is 361 g/mol. The van der Waals surface area contributed by atoms with Crippen molar-refractivity contribution in [2.24, 2.45) is 5.41 Å². The molecule has 1 unspecified atom stereocenters. The van der Waals surface area contributed by atoms with Crippen LogP contribution in [-0.2, 0) is 11.3 Å². The maximum Gasteiger partial charge on any atom is 0.222 e. The molecular formula is C20H31N3O3. The molecule has 6 heteroatoms. The van der Waals surface area contributed by atoms with Crippen molar-refractivity contribution < 1.29 is 14.3 Å². The lowest BCUT2D eigenvalue weighted by Crippen LogP contribution is -2.55. The summed E-state index contributed by atoms with van der Waals surface area (Å²) in [6, 6.07) is 2.10. The Hall–Kier alpha value is -1.82. The normalized spacial score (nSPS) is 24.3. The van der Waals surface area contributed by atoms with Gasteiger partial charge in [-0.2, -0.15) is 0 Å². The quantitative estimate of drug-likeness (QED) is 0.807. The summed E-state index contributed by atoms with van der Waals surface area (Å²) in [5, 5.41) is 0. The van der Waals surface area contributed by atoms with Crippen LogP contribution in [0.4, 0.5) is 0 Å². The Labute approximate surface area is 156 Å². The number of ether oxygens (including phenoxy) is 2. The minimum absolute atomic E-state index is 0.211. The van der Waals surface area contributed by atoms with Gasteiger partial charge in [-0.25, -0.2) is 0 Å². The van der Waals surface area contributed by atoms with E-state index in [0.29, 0.717) is 12.3 Å². The average Bonchev–Trinajstić information content (AvgIpc) is 2.63. The van der Waals surface area contributed by atoms with Gasteiger partial charge in [0, 0.05) is 49.8 Å². The van der Waals surface area contributed by atoms with Crippen LogP contribution in [0.3, 0.4) is 0 Å². The third kappa shape index (κ3) is 3.80. The van der Waals surface area contributed by atoms with Gasteiger partial charge in [0.1, 0.15) is 5.69 Å². The Kier molecular flexibility index (Phi) is 5.70. The predicted molar refractivity (Wildman–Crippen MR) is 100 cm³/mol. The smallest absolute Gasteiger partial charge is 0.222 e. The fourth-order valence-corrected chi connectivity index (χ4v) is 4.47. The summed E-state index contributed by atoms with van der Waals surface area (Å²) in [5.74, 6) is 1.75.